The molecule has 0 heterocycles. The highest BCUT2D eigenvalue weighted by Crippen LogP contribution is 2.00. The molecule has 0 radical (unpaired) electrons. The van der Waals surface area contributed by atoms with Gasteiger partial charge < -0.3 is 14.6 Å². The van der Waals surface area contributed by atoms with E-state index in [0.717, 1.165) is 0 Å². The van der Waals surface area contributed by atoms with Gasteiger partial charge in [0.25, 0.3) is 0 Å². The van der Waals surface area contributed by atoms with Gasteiger partial charge in [-0.2, -0.15) is 0 Å². The highest BCUT2D eigenvalue weighted by molar-refractivity contribution is 4.91. The molecule has 3 nitrogen and oxygen atoms in total. The van der Waals surface area contributed by atoms with Crippen LogP contribution in [0.4, 0.5) is 0 Å². The molecule has 0 fully saturated rings. The Labute approximate surface area is 73.0 Å². The standard InChI is InChI=1S/C9H14O3/c1-4-8(7-10)12-9(5-2)11-6-3/h2,4,8-10H,1,6-7H2,3H3/t8-,9?/m0/s1. The van der Waals surface area contributed by atoms with Gasteiger partial charge >= 0.3 is 0 Å². The molecule has 0 saturated heterocycles. The zero-order valence-electron chi connectivity index (χ0n) is 7.19. The molecule has 68 valence electrons. The summed E-state index contributed by atoms with van der Waals surface area (Å²) in [7, 11) is 0. The van der Waals surface area contributed by atoms with E-state index in [9.17, 15) is 0 Å². The maximum atomic E-state index is 8.72. The predicted octanol–water partition coefficient (Wildman–Crippen LogP) is 0.546. The van der Waals surface area contributed by atoms with Crippen LogP contribution < -0.4 is 0 Å². The molecule has 1 N–H and O–H groups in total. The Kier molecular flexibility index (Phi) is 6.39. The van der Waals surface area contributed by atoms with Crippen LogP contribution in [-0.4, -0.2) is 30.7 Å². The van der Waals surface area contributed by atoms with Gasteiger partial charge in [-0.25, -0.2) is 0 Å². The molecule has 12 heavy (non-hydrogen) atoms. The third kappa shape index (κ3) is 4.14. The van der Waals surface area contributed by atoms with E-state index in [-0.39, 0.29) is 6.61 Å². The lowest BCUT2D eigenvalue weighted by Gasteiger charge is -2.16. The van der Waals surface area contributed by atoms with Crippen LogP contribution in [0.25, 0.3) is 0 Å². The van der Waals surface area contributed by atoms with Crippen molar-refractivity contribution in [2.45, 2.75) is 19.3 Å². The lowest BCUT2D eigenvalue weighted by atomic mass is 10.4. The minimum Gasteiger partial charge on any atom is -0.393 e. The average Bonchev–Trinajstić information content (AvgIpc) is 2.12. The first kappa shape index (κ1) is 11.2. The van der Waals surface area contributed by atoms with E-state index >= 15 is 0 Å². The Balaban J connectivity index is 3.83. The summed E-state index contributed by atoms with van der Waals surface area (Å²) in [6, 6.07) is 0. The molecule has 0 spiro atoms. The lowest BCUT2D eigenvalue weighted by molar-refractivity contribution is -0.130. The molecule has 0 bridgehead atoms. The normalized spacial score (nSPS) is 14.8. The molecule has 0 aromatic rings. The quantitative estimate of drug-likeness (QED) is 0.359. The number of ether oxygens (including phenoxy) is 2. The molecule has 0 rings (SSSR count). The van der Waals surface area contributed by atoms with Crippen molar-refractivity contribution < 1.29 is 14.6 Å². The summed E-state index contributed by atoms with van der Waals surface area (Å²) in [6.45, 7) is 5.62. The van der Waals surface area contributed by atoms with Gasteiger partial charge in [-0.3, -0.25) is 0 Å². The summed E-state index contributed by atoms with van der Waals surface area (Å²) in [5.41, 5.74) is 0. The fourth-order valence-corrected chi connectivity index (χ4v) is 0.610. The summed E-state index contributed by atoms with van der Waals surface area (Å²) >= 11 is 0. The molecule has 0 aliphatic carbocycles. The van der Waals surface area contributed by atoms with Gasteiger partial charge in [0.15, 0.2) is 0 Å². The van der Waals surface area contributed by atoms with Crippen LogP contribution in [0, 0.1) is 12.3 Å². The Morgan fingerprint density at radius 1 is 1.75 bits per heavy atom. The van der Waals surface area contributed by atoms with Gasteiger partial charge in [0.05, 0.1) is 6.61 Å². The number of terminal acetylenes is 1. The van der Waals surface area contributed by atoms with Gasteiger partial charge in [-0.15, -0.1) is 13.0 Å². The van der Waals surface area contributed by atoms with Crippen LogP contribution in [-0.2, 0) is 9.47 Å². The van der Waals surface area contributed by atoms with Crippen molar-refractivity contribution in [1.29, 1.82) is 0 Å². The van der Waals surface area contributed by atoms with E-state index in [1.165, 1.54) is 6.08 Å². The number of hydrogen-bond donors (Lipinski definition) is 1. The van der Waals surface area contributed by atoms with Crippen molar-refractivity contribution in [3.05, 3.63) is 12.7 Å². The van der Waals surface area contributed by atoms with E-state index in [1.807, 2.05) is 6.92 Å². The molecule has 1 unspecified atom stereocenters. The third-order valence-electron chi connectivity index (χ3n) is 1.20. The van der Waals surface area contributed by atoms with E-state index in [0.29, 0.717) is 6.61 Å². The maximum absolute atomic E-state index is 8.72. The van der Waals surface area contributed by atoms with Crippen molar-refractivity contribution in [3.8, 4) is 12.3 Å². The SMILES string of the molecule is C#CC(OCC)O[C@@H](C=C)CO. The van der Waals surface area contributed by atoms with Crippen LogP contribution in [0.5, 0.6) is 0 Å². The number of rotatable bonds is 6. The molecule has 0 aliphatic rings. The zero-order valence-corrected chi connectivity index (χ0v) is 7.19. The van der Waals surface area contributed by atoms with E-state index < -0.39 is 12.4 Å². The first-order valence-electron chi connectivity index (χ1n) is 3.75. The summed E-state index contributed by atoms with van der Waals surface area (Å²) in [5.74, 6) is 2.30. The lowest BCUT2D eigenvalue weighted by Crippen LogP contribution is -2.24. The second-order valence-electron chi connectivity index (χ2n) is 2.05. The summed E-state index contributed by atoms with van der Waals surface area (Å²) in [4.78, 5) is 0. The number of aliphatic hydroxyl groups excluding tert-OH is 1. The van der Waals surface area contributed by atoms with Gasteiger partial charge in [0.2, 0.25) is 6.29 Å². The first-order chi connectivity index (χ1) is 5.78. The molecule has 0 aliphatic heterocycles. The second-order valence-corrected chi connectivity index (χ2v) is 2.05. The Morgan fingerprint density at radius 3 is 2.75 bits per heavy atom. The number of aliphatic hydroxyl groups is 1. The predicted molar refractivity (Wildman–Crippen MR) is 46.4 cm³/mol. The van der Waals surface area contributed by atoms with Gasteiger partial charge in [-0.1, -0.05) is 6.08 Å². The van der Waals surface area contributed by atoms with Crippen molar-refractivity contribution in [3.63, 3.8) is 0 Å². The minimum absolute atomic E-state index is 0.144. The van der Waals surface area contributed by atoms with E-state index in [4.69, 9.17) is 21.0 Å². The molecular weight excluding hydrogens is 156 g/mol. The first-order valence-corrected chi connectivity index (χ1v) is 3.75. The summed E-state index contributed by atoms with van der Waals surface area (Å²) in [6.07, 6.45) is 5.41. The van der Waals surface area contributed by atoms with E-state index in [2.05, 4.69) is 12.5 Å². The van der Waals surface area contributed by atoms with Gasteiger partial charge in [-0.05, 0) is 12.8 Å². The molecule has 2 atom stereocenters. The van der Waals surface area contributed by atoms with Crippen LogP contribution in [0.1, 0.15) is 6.92 Å². The zero-order chi connectivity index (χ0) is 9.40. The third-order valence-corrected chi connectivity index (χ3v) is 1.20. The highest BCUT2D eigenvalue weighted by atomic mass is 16.7. The Morgan fingerprint density at radius 2 is 2.42 bits per heavy atom. The van der Waals surface area contributed by atoms with Crippen molar-refractivity contribution in [1.82, 2.24) is 0 Å². The molecule has 0 aromatic carbocycles. The molecule has 0 amide bonds. The Hall–Kier alpha value is -0.820. The second kappa shape index (κ2) is 6.86. The van der Waals surface area contributed by atoms with Crippen LogP contribution >= 0.6 is 0 Å². The minimum atomic E-state index is -0.704. The van der Waals surface area contributed by atoms with Crippen LogP contribution in [0.15, 0.2) is 12.7 Å². The van der Waals surface area contributed by atoms with Crippen molar-refractivity contribution >= 4 is 0 Å². The summed E-state index contributed by atoms with van der Waals surface area (Å²) < 4.78 is 10.1. The number of hydrogen-bond acceptors (Lipinski definition) is 3. The summed E-state index contributed by atoms with van der Waals surface area (Å²) in [5, 5.41) is 8.72. The average molecular weight is 170 g/mol. The fourth-order valence-electron chi connectivity index (χ4n) is 0.610. The molecule has 3 heteroatoms. The molecule has 0 saturated carbocycles. The van der Waals surface area contributed by atoms with Crippen LogP contribution in [0.2, 0.25) is 0 Å². The monoisotopic (exact) mass is 170 g/mol. The smallest absolute Gasteiger partial charge is 0.222 e. The van der Waals surface area contributed by atoms with Gasteiger partial charge in [0.1, 0.15) is 6.10 Å². The van der Waals surface area contributed by atoms with Crippen molar-refractivity contribution in [2.24, 2.45) is 0 Å². The van der Waals surface area contributed by atoms with Gasteiger partial charge in [0, 0.05) is 6.61 Å². The fraction of sp³-hybridized carbons (Fsp3) is 0.556. The largest absolute Gasteiger partial charge is 0.393 e. The van der Waals surface area contributed by atoms with E-state index in [1.54, 1.807) is 0 Å². The maximum Gasteiger partial charge on any atom is 0.222 e. The molecular formula is C9H14O3. The van der Waals surface area contributed by atoms with Crippen LogP contribution in [0.3, 0.4) is 0 Å². The Bertz CT molecular complexity index is 160. The highest BCUT2D eigenvalue weighted by Gasteiger charge is 2.10. The molecule has 0 aromatic heterocycles. The van der Waals surface area contributed by atoms with Crippen molar-refractivity contribution in [2.75, 3.05) is 13.2 Å². The topological polar surface area (TPSA) is 38.7 Å².